The molecule has 0 aromatic rings. The van der Waals surface area contributed by atoms with Crippen LogP contribution in [0.1, 0.15) is 32.6 Å². The van der Waals surface area contributed by atoms with Crippen LogP contribution in [-0.2, 0) is 9.59 Å². The van der Waals surface area contributed by atoms with Crippen LogP contribution in [0, 0.1) is 11.8 Å². The second kappa shape index (κ2) is 6.89. The Labute approximate surface area is 107 Å². The van der Waals surface area contributed by atoms with E-state index in [2.05, 4.69) is 12.2 Å². The molecule has 0 aliphatic heterocycles. The van der Waals surface area contributed by atoms with Gasteiger partial charge in [0.05, 0.1) is 5.92 Å². The third-order valence-electron chi connectivity index (χ3n) is 3.36. The Morgan fingerprint density at radius 3 is 2.65 bits per heavy atom. The normalized spacial score (nSPS) is 26.2. The van der Waals surface area contributed by atoms with Gasteiger partial charge in [-0.1, -0.05) is 13.3 Å². The highest BCUT2D eigenvalue weighted by molar-refractivity contribution is 7.99. The Hall–Kier alpha value is -0.710. The molecule has 2 N–H and O–H groups in total. The number of carbonyl (C=O) groups is 2. The zero-order chi connectivity index (χ0) is 12.8. The fourth-order valence-corrected chi connectivity index (χ4v) is 2.37. The summed E-state index contributed by atoms with van der Waals surface area (Å²) in [6, 6.07) is 0. The minimum atomic E-state index is -0.764. The van der Waals surface area contributed by atoms with Gasteiger partial charge in [-0.05, 0) is 25.5 Å². The van der Waals surface area contributed by atoms with Crippen LogP contribution >= 0.6 is 11.8 Å². The predicted molar refractivity (Wildman–Crippen MR) is 69.1 cm³/mol. The lowest BCUT2D eigenvalue weighted by Gasteiger charge is -2.26. The first-order valence-corrected chi connectivity index (χ1v) is 7.36. The molecule has 0 aromatic carbocycles. The topological polar surface area (TPSA) is 66.4 Å². The Balaban J connectivity index is 2.38. The van der Waals surface area contributed by atoms with Crippen LogP contribution in [0.3, 0.4) is 0 Å². The average molecular weight is 259 g/mol. The minimum absolute atomic E-state index is 0.0249. The van der Waals surface area contributed by atoms with Crippen molar-refractivity contribution in [2.24, 2.45) is 11.8 Å². The highest BCUT2D eigenvalue weighted by Crippen LogP contribution is 2.29. The van der Waals surface area contributed by atoms with Gasteiger partial charge in [0.2, 0.25) is 5.91 Å². The van der Waals surface area contributed by atoms with Gasteiger partial charge in [-0.25, -0.2) is 0 Å². The van der Waals surface area contributed by atoms with Gasteiger partial charge in [-0.3, -0.25) is 9.59 Å². The van der Waals surface area contributed by atoms with Crippen LogP contribution < -0.4 is 5.32 Å². The third kappa shape index (κ3) is 4.58. The number of hydrogen-bond acceptors (Lipinski definition) is 3. The molecule has 17 heavy (non-hydrogen) atoms. The molecule has 5 heteroatoms. The van der Waals surface area contributed by atoms with Crippen molar-refractivity contribution in [3.8, 4) is 0 Å². The van der Waals surface area contributed by atoms with Gasteiger partial charge in [0.15, 0.2) is 0 Å². The first-order chi connectivity index (χ1) is 8.04. The van der Waals surface area contributed by atoms with E-state index in [9.17, 15) is 9.59 Å². The molecule has 0 spiro atoms. The zero-order valence-corrected chi connectivity index (χ0v) is 11.3. The molecular formula is C12H21NO3S. The fraction of sp³-hybridized carbons (Fsp3) is 0.833. The lowest BCUT2D eigenvalue weighted by atomic mass is 9.81. The van der Waals surface area contributed by atoms with Crippen molar-refractivity contribution in [1.29, 1.82) is 0 Å². The van der Waals surface area contributed by atoms with Crippen molar-refractivity contribution < 1.29 is 14.7 Å². The van der Waals surface area contributed by atoms with E-state index in [1.807, 2.05) is 6.26 Å². The monoisotopic (exact) mass is 259 g/mol. The maximum Gasteiger partial charge on any atom is 0.306 e. The van der Waals surface area contributed by atoms with E-state index < -0.39 is 5.97 Å². The molecular weight excluding hydrogens is 238 g/mol. The van der Waals surface area contributed by atoms with Gasteiger partial charge in [-0.2, -0.15) is 11.8 Å². The summed E-state index contributed by atoms with van der Waals surface area (Å²) in [6.45, 7) is 2.72. The zero-order valence-electron chi connectivity index (χ0n) is 10.4. The van der Waals surface area contributed by atoms with Crippen molar-refractivity contribution in [2.75, 3.05) is 12.8 Å². The average Bonchev–Trinajstić information content (AvgIpc) is 2.35. The van der Waals surface area contributed by atoms with E-state index in [1.54, 1.807) is 11.8 Å². The van der Waals surface area contributed by atoms with Gasteiger partial charge >= 0.3 is 5.97 Å². The largest absolute Gasteiger partial charge is 0.481 e. The van der Waals surface area contributed by atoms with Crippen molar-refractivity contribution in [3.05, 3.63) is 0 Å². The second-order valence-corrected chi connectivity index (χ2v) is 5.97. The quantitative estimate of drug-likeness (QED) is 0.789. The Bertz CT molecular complexity index is 283. The van der Waals surface area contributed by atoms with E-state index in [4.69, 9.17) is 5.11 Å². The Morgan fingerprint density at radius 1 is 1.41 bits per heavy atom. The number of hydrogen-bond donors (Lipinski definition) is 2. The SMILES string of the molecule is CSC(C)CNC(=O)C1CCCC(C(=O)O)C1. The minimum Gasteiger partial charge on any atom is -0.481 e. The predicted octanol–water partition coefficient (Wildman–Crippen LogP) is 1.75. The summed E-state index contributed by atoms with van der Waals surface area (Å²) < 4.78 is 0. The van der Waals surface area contributed by atoms with Crippen molar-refractivity contribution in [2.45, 2.75) is 37.9 Å². The third-order valence-corrected chi connectivity index (χ3v) is 4.33. The van der Waals surface area contributed by atoms with Crippen molar-refractivity contribution in [3.63, 3.8) is 0 Å². The number of amides is 1. The van der Waals surface area contributed by atoms with E-state index in [-0.39, 0.29) is 17.7 Å². The number of thioether (sulfide) groups is 1. The molecule has 0 bridgehead atoms. The van der Waals surface area contributed by atoms with Crippen LogP contribution in [0.2, 0.25) is 0 Å². The summed E-state index contributed by atoms with van der Waals surface area (Å²) in [5.41, 5.74) is 0. The molecule has 0 heterocycles. The van der Waals surface area contributed by atoms with Gasteiger partial charge in [0.1, 0.15) is 0 Å². The fourth-order valence-electron chi connectivity index (χ4n) is 2.12. The number of nitrogens with one attached hydrogen (secondary N) is 1. The first kappa shape index (κ1) is 14.4. The molecule has 98 valence electrons. The number of carboxylic acids is 1. The maximum absolute atomic E-state index is 11.9. The molecule has 3 atom stereocenters. The second-order valence-electron chi connectivity index (χ2n) is 4.69. The number of carboxylic acid groups (broad SMARTS) is 1. The summed E-state index contributed by atoms with van der Waals surface area (Å²) in [7, 11) is 0. The number of carbonyl (C=O) groups excluding carboxylic acids is 1. The lowest BCUT2D eigenvalue weighted by molar-refractivity contribution is -0.144. The van der Waals surface area contributed by atoms with E-state index in [0.29, 0.717) is 24.6 Å². The number of aliphatic carboxylic acids is 1. The van der Waals surface area contributed by atoms with E-state index in [0.717, 1.165) is 12.8 Å². The van der Waals surface area contributed by atoms with Gasteiger partial charge in [-0.15, -0.1) is 0 Å². The van der Waals surface area contributed by atoms with Crippen molar-refractivity contribution in [1.82, 2.24) is 5.32 Å². The molecule has 0 saturated heterocycles. The highest BCUT2D eigenvalue weighted by atomic mass is 32.2. The maximum atomic E-state index is 11.9. The summed E-state index contributed by atoms with van der Waals surface area (Å²) in [5, 5.41) is 12.3. The first-order valence-electron chi connectivity index (χ1n) is 6.08. The van der Waals surface area contributed by atoms with Crippen LogP contribution in [0.4, 0.5) is 0 Å². The molecule has 0 radical (unpaired) electrons. The smallest absolute Gasteiger partial charge is 0.306 e. The molecule has 0 aromatic heterocycles. The van der Waals surface area contributed by atoms with Crippen LogP contribution in [0.5, 0.6) is 0 Å². The van der Waals surface area contributed by atoms with E-state index in [1.165, 1.54) is 0 Å². The summed E-state index contributed by atoms with van der Waals surface area (Å²) >= 11 is 1.71. The standard InChI is InChI=1S/C12H21NO3S/c1-8(17-2)7-13-11(14)9-4-3-5-10(6-9)12(15)16/h8-10H,3-7H2,1-2H3,(H,13,14)(H,15,16). The van der Waals surface area contributed by atoms with Crippen LogP contribution in [0.25, 0.3) is 0 Å². The molecule has 1 saturated carbocycles. The van der Waals surface area contributed by atoms with Crippen LogP contribution in [0.15, 0.2) is 0 Å². The summed E-state index contributed by atoms with van der Waals surface area (Å²) in [4.78, 5) is 22.8. The summed E-state index contributed by atoms with van der Waals surface area (Å²) in [5.74, 6) is -1.19. The van der Waals surface area contributed by atoms with Gasteiger partial charge in [0.25, 0.3) is 0 Å². The molecule has 1 aliphatic rings. The molecule has 1 fully saturated rings. The summed E-state index contributed by atoms with van der Waals surface area (Å²) in [6.07, 6.45) is 4.88. The molecule has 1 aliphatic carbocycles. The highest BCUT2D eigenvalue weighted by Gasteiger charge is 2.30. The van der Waals surface area contributed by atoms with Crippen LogP contribution in [-0.4, -0.2) is 35.0 Å². The number of rotatable bonds is 5. The van der Waals surface area contributed by atoms with E-state index >= 15 is 0 Å². The molecule has 1 rings (SSSR count). The van der Waals surface area contributed by atoms with Gasteiger partial charge in [0, 0.05) is 17.7 Å². The molecule has 1 amide bonds. The Kier molecular flexibility index (Phi) is 5.82. The Morgan fingerprint density at radius 2 is 2.06 bits per heavy atom. The molecule has 3 unspecified atom stereocenters. The van der Waals surface area contributed by atoms with Crippen molar-refractivity contribution >= 4 is 23.6 Å². The van der Waals surface area contributed by atoms with Gasteiger partial charge < -0.3 is 10.4 Å². The molecule has 4 nitrogen and oxygen atoms in total. The lowest BCUT2D eigenvalue weighted by Crippen LogP contribution is -2.37.